The number of hydrogen-bond donors (Lipinski definition) is 4. The van der Waals surface area contributed by atoms with Crippen molar-refractivity contribution in [3.05, 3.63) is 4.88 Å². The SMILES string of the molecule is CNc1nc(N)c(C(=O)NCC(C)(C)NS(C)(=O)=O)s1. The monoisotopic (exact) mass is 321 g/mol. The van der Waals surface area contributed by atoms with E-state index in [1.807, 2.05) is 0 Å². The summed E-state index contributed by atoms with van der Waals surface area (Å²) < 4.78 is 24.8. The van der Waals surface area contributed by atoms with Crippen molar-refractivity contribution in [1.29, 1.82) is 0 Å². The standard InChI is InChI=1S/C10H19N5O3S2/c1-10(2,15-20(4,17)18)5-13-8(16)6-7(11)14-9(12-3)19-6/h15H,5,11H2,1-4H3,(H,12,14)(H,13,16). The lowest BCUT2D eigenvalue weighted by Crippen LogP contribution is -2.50. The van der Waals surface area contributed by atoms with Crippen LogP contribution in [-0.2, 0) is 10.0 Å². The van der Waals surface area contributed by atoms with Crippen molar-refractivity contribution < 1.29 is 13.2 Å². The highest BCUT2D eigenvalue weighted by molar-refractivity contribution is 7.88. The van der Waals surface area contributed by atoms with Gasteiger partial charge < -0.3 is 16.4 Å². The Morgan fingerprint density at radius 3 is 2.50 bits per heavy atom. The Kier molecular flexibility index (Phi) is 4.95. The van der Waals surface area contributed by atoms with Crippen molar-refractivity contribution in [3.8, 4) is 0 Å². The molecular formula is C10H19N5O3S2. The minimum Gasteiger partial charge on any atom is -0.382 e. The minimum absolute atomic E-state index is 0.130. The third-order valence-corrected chi connectivity index (χ3v) is 4.24. The van der Waals surface area contributed by atoms with Crippen LogP contribution >= 0.6 is 11.3 Å². The number of nitrogens with one attached hydrogen (secondary N) is 3. The summed E-state index contributed by atoms with van der Waals surface area (Å²) in [6.45, 7) is 3.47. The van der Waals surface area contributed by atoms with Crippen LogP contribution in [0.3, 0.4) is 0 Å². The van der Waals surface area contributed by atoms with Gasteiger partial charge in [-0.15, -0.1) is 0 Å². The van der Waals surface area contributed by atoms with Crippen LogP contribution in [-0.4, -0.2) is 44.7 Å². The first-order valence-electron chi connectivity index (χ1n) is 5.75. The Balaban J connectivity index is 2.69. The van der Waals surface area contributed by atoms with Crippen molar-refractivity contribution in [2.45, 2.75) is 19.4 Å². The molecule has 0 spiro atoms. The molecule has 0 radical (unpaired) electrons. The average Bonchev–Trinajstić information content (AvgIpc) is 2.64. The molecule has 0 aliphatic rings. The Morgan fingerprint density at radius 1 is 1.45 bits per heavy atom. The molecule has 10 heteroatoms. The van der Waals surface area contributed by atoms with Crippen LogP contribution < -0.4 is 21.1 Å². The van der Waals surface area contributed by atoms with Gasteiger partial charge in [-0.05, 0) is 13.8 Å². The maximum atomic E-state index is 12.0. The van der Waals surface area contributed by atoms with Crippen molar-refractivity contribution in [1.82, 2.24) is 15.0 Å². The second-order valence-corrected chi connectivity index (χ2v) is 7.67. The van der Waals surface area contributed by atoms with E-state index in [-0.39, 0.29) is 18.3 Å². The Morgan fingerprint density at radius 2 is 2.05 bits per heavy atom. The zero-order valence-electron chi connectivity index (χ0n) is 11.8. The van der Waals surface area contributed by atoms with Gasteiger partial charge in [0.05, 0.1) is 6.26 Å². The van der Waals surface area contributed by atoms with Crippen LogP contribution in [0.15, 0.2) is 0 Å². The number of nitrogens with two attached hydrogens (primary N) is 1. The number of thiazole rings is 1. The van der Waals surface area contributed by atoms with Crippen LogP contribution in [0.1, 0.15) is 23.5 Å². The summed E-state index contributed by atoms with van der Waals surface area (Å²) in [6, 6.07) is 0. The van der Waals surface area contributed by atoms with E-state index in [0.29, 0.717) is 10.0 Å². The fourth-order valence-electron chi connectivity index (χ4n) is 1.52. The molecule has 1 heterocycles. The number of nitrogen functional groups attached to an aromatic ring is 1. The molecule has 0 atom stereocenters. The largest absolute Gasteiger partial charge is 0.382 e. The highest BCUT2D eigenvalue weighted by atomic mass is 32.2. The zero-order chi connectivity index (χ0) is 15.6. The molecule has 0 saturated carbocycles. The summed E-state index contributed by atoms with van der Waals surface area (Å²) >= 11 is 1.13. The van der Waals surface area contributed by atoms with E-state index in [9.17, 15) is 13.2 Å². The third kappa shape index (κ3) is 4.94. The number of amides is 1. The van der Waals surface area contributed by atoms with Crippen LogP contribution in [0, 0.1) is 0 Å². The van der Waals surface area contributed by atoms with Crippen molar-refractivity contribution in [2.24, 2.45) is 0 Å². The van der Waals surface area contributed by atoms with Gasteiger partial charge in [0.15, 0.2) is 5.13 Å². The van der Waals surface area contributed by atoms with Gasteiger partial charge in [0.2, 0.25) is 10.0 Å². The molecule has 0 fully saturated rings. The first kappa shape index (κ1) is 16.7. The molecule has 20 heavy (non-hydrogen) atoms. The lowest BCUT2D eigenvalue weighted by molar-refractivity contribution is 0.0949. The molecule has 0 aliphatic heterocycles. The van der Waals surface area contributed by atoms with Crippen LogP contribution in [0.5, 0.6) is 0 Å². The highest BCUT2D eigenvalue weighted by Crippen LogP contribution is 2.24. The Labute approximate surface area is 122 Å². The molecule has 0 aliphatic carbocycles. The van der Waals surface area contributed by atoms with E-state index in [0.717, 1.165) is 17.6 Å². The summed E-state index contributed by atoms with van der Waals surface area (Å²) in [5.41, 5.74) is 4.85. The van der Waals surface area contributed by atoms with E-state index in [4.69, 9.17) is 5.73 Å². The molecule has 1 aromatic rings. The maximum absolute atomic E-state index is 12.0. The molecular weight excluding hydrogens is 302 g/mol. The molecule has 8 nitrogen and oxygen atoms in total. The van der Waals surface area contributed by atoms with E-state index >= 15 is 0 Å². The van der Waals surface area contributed by atoms with E-state index < -0.39 is 15.6 Å². The van der Waals surface area contributed by atoms with E-state index in [1.165, 1.54) is 0 Å². The topological polar surface area (TPSA) is 126 Å². The van der Waals surface area contributed by atoms with Crippen molar-refractivity contribution in [2.75, 3.05) is 30.9 Å². The molecule has 1 rings (SSSR count). The first-order chi connectivity index (χ1) is 9.04. The zero-order valence-corrected chi connectivity index (χ0v) is 13.4. The predicted molar refractivity (Wildman–Crippen MR) is 80.5 cm³/mol. The summed E-state index contributed by atoms with van der Waals surface area (Å²) in [6.07, 6.45) is 1.07. The number of anilines is 2. The first-order valence-corrected chi connectivity index (χ1v) is 8.46. The van der Waals surface area contributed by atoms with Gasteiger partial charge in [0, 0.05) is 19.1 Å². The molecule has 0 saturated heterocycles. The number of aromatic nitrogens is 1. The molecule has 1 aromatic heterocycles. The fourth-order valence-corrected chi connectivity index (χ4v) is 3.35. The lowest BCUT2D eigenvalue weighted by Gasteiger charge is -2.25. The van der Waals surface area contributed by atoms with Crippen molar-refractivity contribution in [3.63, 3.8) is 0 Å². The second kappa shape index (κ2) is 5.94. The van der Waals surface area contributed by atoms with Gasteiger partial charge in [-0.25, -0.2) is 18.1 Å². The van der Waals surface area contributed by atoms with Gasteiger partial charge in [-0.2, -0.15) is 0 Å². The average molecular weight is 321 g/mol. The van der Waals surface area contributed by atoms with Crippen LogP contribution in [0.25, 0.3) is 0 Å². The molecule has 114 valence electrons. The number of carbonyl (C=O) groups is 1. The molecule has 1 amide bonds. The van der Waals surface area contributed by atoms with E-state index in [1.54, 1.807) is 20.9 Å². The number of hydrogen-bond acceptors (Lipinski definition) is 7. The Hall–Kier alpha value is -1.39. The third-order valence-electron chi connectivity index (χ3n) is 2.23. The number of sulfonamides is 1. The summed E-state index contributed by atoms with van der Waals surface area (Å²) in [7, 11) is -1.67. The molecule has 0 unspecified atom stereocenters. The maximum Gasteiger partial charge on any atom is 0.265 e. The summed E-state index contributed by atoms with van der Waals surface area (Å²) in [5, 5.41) is 5.98. The number of rotatable bonds is 6. The van der Waals surface area contributed by atoms with Crippen LogP contribution in [0.4, 0.5) is 10.9 Å². The normalized spacial score (nSPS) is 12.2. The second-order valence-electron chi connectivity index (χ2n) is 4.92. The molecule has 0 bridgehead atoms. The molecule has 0 aromatic carbocycles. The summed E-state index contributed by atoms with van der Waals surface area (Å²) in [4.78, 5) is 16.2. The smallest absolute Gasteiger partial charge is 0.265 e. The van der Waals surface area contributed by atoms with Gasteiger partial charge in [0.1, 0.15) is 10.7 Å². The van der Waals surface area contributed by atoms with Crippen molar-refractivity contribution >= 4 is 38.2 Å². The van der Waals surface area contributed by atoms with Gasteiger partial charge in [0.25, 0.3) is 5.91 Å². The molecule has 5 N–H and O–H groups in total. The predicted octanol–water partition coefficient (Wildman–Crippen LogP) is -0.175. The highest BCUT2D eigenvalue weighted by Gasteiger charge is 2.24. The summed E-state index contributed by atoms with van der Waals surface area (Å²) in [5.74, 6) is -0.240. The van der Waals surface area contributed by atoms with Gasteiger partial charge in [-0.3, -0.25) is 4.79 Å². The van der Waals surface area contributed by atoms with E-state index in [2.05, 4.69) is 20.3 Å². The minimum atomic E-state index is -3.35. The van der Waals surface area contributed by atoms with Gasteiger partial charge >= 0.3 is 0 Å². The number of nitrogens with zero attached hydrogens (tertiary/aromatic N) is 1. The fraction of sp³-hybridized carbons (Fsp3) is 0.600. The number of carbonyl (C=O) groups excluding carboxylic acids is 1. The quantitative estimate of drug-likeness (QED) is 0.576. The van der Waals surface area contributed by atoms with Crippen LogP contribution in [0.2, 0.25) is 0 Å². The lowest BCUT2D eigenvalue weighted by atomic mass is 10.1. The van der Waals surface area contributed by atoms with Gasteiger partial charge in [-0.1, -0.05) is 11.3 Å². The Bertz CT molecular complexity index is 594.